The van der Waals surface area contributed by atoms with E-state index >= 15 is 0 Å². The third kappa shape index (κ3) is 7.30. The fourth-order valence-electron chi connectivity index (χ4n) is 2.58. The highest BCUT2D eigenvalue weighted by Crippen LogP contribution is 2.31. The monoisotopic (exact) mass is 537 g/mol. The Balaban J connectivity index is 1.57. The molecule has 3 rings (SSSR count). The molecule has 0 aliphatic rings. The molecule has 33 heavy (non-hydrogen) atoms. The summed E-state index contributed by atoms with van der Waals surface area (Å²) in [5.74, 6) is -0.000724. The minimum absolute atomic E-state index is 0.0750. The number of nitrogens with one attached hydrogen (secondary N) is 2. The van der Waals surface area contributed by atoms with Crippen molar-refractivity contribution in [3.63, 3.8) is 0 Å². The number of carbonyl (C=O) groups excluding carboxylic acids is 1. The number of alkyl halides is 3. The largest absolute Gasteiger partial charge is 0.478 e. The number of rotatable bonds is 8. The Labute approximate surface area is 199 Å². The van der Waals surface area contributed by atoms with Gasteiger partial charge in [-0.2, -0.15) is 23.5 Å². The first-order chi connectivity index (χ1) is 15.7. The molecule has 2 N–H and O–H groups in total. The first-order valence-electron chi connectivity index (χ1n) is 9.24. The molecule has 0 aliphatic carbocycles. The van der Waals surface area contributed by atoms with Crippen LogP contribution in [0.15, 0.2) is 57.4 Å². The summed E-state index contributed by atoms with van der Waals surface area (Å²) in [5.41, 5.74) is 2.84. The van der Waals surface area contributed by atoms with Crippen molar-refractivity contribution >= 4 is 50.2 Å². The maximum Gasteiger partial charge on any atom is 0.416 e. The van der Waals surface area contributed by atoms with Crippen LogP contribution in [0, 0.1) is 11.3 Å². The Hall–Kier alpha value is -3.43. The summed E-state index contributed by atoms with van der Waals surface area (Å²) in [6.07, 6.45) is -3.13. The van der Waals surface area contributed by atoms with E-state index in [0.29, 0.717) is 22.1 Å². The van der Waals surface area contributed by atoms with Crippen LogP contribution in [0.2, 0.25) is 0 Å². The molecular weight excluding hydrogens is 523 g/mol. The van der Waals surface area contributed by atoms with Gasteiger partial charge in [0.2, 0.25) is 5.91 Å². The molecule has 1 amide bonds. The first kappa shape index (κ1) is 24.2. The van der Waals surface area contributed by atoms with Gasteiger partial charge in [-0.05, 0) is 36.4 Å². The second kappa shape index (κ2) is 10.9. The SMILES string of the molecule is N#CCOc1ccc(Br)cc1/C=N\NC(=O)Cc1csc(Nc2cccc(C(F)(F)F)c2)n1. The van der Waals surface area contributed by atoms with Crippen LogP contribution in [0.4, 0.5) is 24.0 Å². The number of anilines is 2. The molecule has 0 saturated carbocycles. The number of aromatic nitrogens is 1. The molecule has 3 aromatic rings. The molecule has 12 heteroatoms. The molecule has 1 aromatic heterocycles. The summed E-state index contributed by atoms with van der Waals surface area (Å²) < 4.78 is 44.6. The summed E-state index contributed by atoms with van der Waals surface area (Å²) in [6, 6.07) is 11.8. The molecule has 0 atom stereocenters. The minimum atomic E-state index is -4.44. The van der Waals surface area contributed by atoms with E-state index in [2.05, 4.69) is 36.8 Å². The van der Waals surface area contributed by atoms with E-state index in [1.807, 2.05) is 6.07 Å². The topological polar surface area (TPSA) is 99.4 Å². The summed E-state index contributed by atoms with van der Waals surface area (Å²) in [5, 5.41) is 17.4. The van der Waals surface area contributed by atoms with Crippen LogP contribution < -0.4 is 15.5 Å². The molecule has 170 valence electrons. The van der Waals surface area contributed by atoms with E-state index in [-0.39, 0.29) is 18.7 Å². The molecule has 0 fully saturated rings. The van der Waals surface area contributed by atoms with E-state index in [1.165, 1.54) is 18.3 Å². The number of amides is 1. The van der Waals surface area contributed by atoms with Gasteiger partial charge >= 0.3 is 6.18 Å². The van der Waals surface area contributed by atoms with E-state index in [1.54, 1.807) is 23.6 Å². The van der Waals surface area contributed by atoms with Crippen LogP contribution in [0.3, 0.4) is 0 Å². The lowest BCUT2D eigenvalue weighted by Crippen LogP contribution is -2.20. The van der Waals surface area contributed by atoms with Crippen molar-refractivity contribution in [2.45, 2.75) is 12.6 Å². The van der Waals surface area contributed by atoms with Crippen LogP contribution in [0.25, 0.3) is 0 Å². The summed E-state index contributed by atoms with van der Waals surface area (Å²) in [6.45, 7) is -0.129. The average Bonchev–Trinajstić information content (AvgIpc) is 3.19. The number of nitrogens with zero attached hydrogens (tertiary/aromatic N) is 3. The number of ether oxygens (including phenoxy) is 1. The predicted molar refractivity (Wildman–Crippen MR) is 122 cm³/mol. The van der Waals surface area contributed by atoms with Crippen molar-refractivity contribution < 1.29 is 22.7 Å². The average molecular weight is 538 g/mol. The lowest BCUT2D eigenvalue weighted by molar-refractivity contribution is -0.137. The molecule has 0 aliphatic heterocycles. The van der Waals surface area contributed by atoms with Gasteiger partial charge in [0, 0.05) is 21.1 Å². The smallest absolute Gasteiger partial charge is 0.416 e. The fourth-order valence-corrected chi connectivity index (χ4v) is 3.69. The minimum Gasteiger partial charge on any atom is -0.478 e. The normalized spacial score (nSPS) is 11.2. The van der Waals surface area contributed by atoms with Gasteiger partial charge in [0.1, 0.15) is 11.8 Å². The molecule has 7 nitrogen and oxygen atoms in total. The Kier molecular flexibility index (Phi) is 8.02. The quantitative estimate of drug-likeness (QED) is 0.301. The van der Waals surface area contributed by atoms with E-state index in [4.69, 9.17) is 10.00 Å². The molecule has 2 aromatic carbocycles. The molecule has 0 spiro atoms. The van der Waals surface area contributed by atoms with Crippen molar-refractivity contribution in [1.82, 2.24) is 10.4 Å². The summed E-state index contributed by atoms with van der Waals surface area (Å²) in [7, 11) is 0. The zero-order valence-electron chi connectivity index (χ0n) is 16.7. The first-order valence-corrected chi connectivity index (χ1v) is 10.9. The molecular formula is C21H15BrF3N5O2S. The zero-order valence-corrected chi connectivity index (χ0v) is 19.1. The van der Waals surface area contributed by atoms with Crippen molar-refractivity contribution in [1.29, 1.82) is 5.26 Å². The highest BCUT2D eigenvalue weighted by Gasteiger charge is 2.30. The number of thiazole rings is 1. The van der Waals surface area contributed by atoms with Crippen LogP contribution in [0.1, 0.15) is 16.8 Å². The summed E-state index contributed by atoms with van der Waals surface area (Å²) in [4.78, 5) is 16.4. The van der Waals surface area contributed by atoms with Gasteiger partial charge < -0.3 is 10.1 Å². The highest BCUT2D eigenvalue weighted by molar-refractivity contribution is 9.10. The standard InChI is InChI=1S/C21H15BrF3N5O2S/c22-15-4-5-18(32-7-6-26)13(8-15)11-27-30-19(31)10-17-12-33-20(29-17)28-16-3-1-2-14(9-16)21(23,24)25/h1-5,8-9,11-12H,7,10H2,(H,28,29)(H,30,31)/b27-11-. The Morgan fingerprint density at radius 1 is 1.30 bits per heavy atom. The number of hydrazone groups is 1. The third-order valence-corrected chi connectivity index (χ3v) is 5.29. The van der Waals surface area contributed by atoms with Crippen LogP contribution in [-0.4, -0.2) is 23.7 Å². The van der Waals surface area contributed by atoms with E-state index in [0.717, 1.165) is 27.9 Å². The Morgan fingerprint density at radius 2 is 2.12 bits per heavy atom. The predicted octanol–water partition coefficient (Wildman–Crippen LogP) is 5.26. The summed E-state index contributed by atoms with van der Waals surface area (Å²) >= 11 is 4.49. The maximum absolute atomic E-state index is 12.8. The fraction of sp³-hybridized carbons (Fsp3) is 0.143. The van der Waals surface area contributed by atoms with Crippen molar-refractivity contribution in [3.05, 3.63) is 69.1 Å². The van der Waals surface area contributed by atoms with Crippen molar-refractivity contribution in [2.24, 2.45) is 5.10 Å². The lowest BCUT2D eigenvalue weighted by Gasteiger charge is -2.08. The van der Waals surface area contributed by atoms with Crippen LogP contribution in [-0.2, 0) is 17.4 Å². The number of carbonyl (C=O) groups is 1. The molecule has 0 bridgehead atoms. The van der Waals surface area contributed by atoms with Gasteiger partial charge in [0.15, 0.2) is 11.7 Å². The van der Waals surface area contributed by atoms with Gasteiger partial charge in [-0.3, -0.25) is 4.79 Å². The Morgan fingerprint density at radius 3 is 2.88 bits per heavy atom. The second-order valence-corrected chi connectivity index (χ2v) is 8.22. The number of hydrogen-bond acceptors (Lipinski definition) is 7. The zero-order chi connectivity index (χ0) is 23.8. The molecule has 1 heterocycles. The molecule has 0 radical (unpaired) electrons. The van der Waals surface area contributed by atoms with Gasteiger partial charge in [0.05, 0.1) is 23.9 Å². The number of halogens is 4. The molecule has 0 saturated heterocycles. The van der Waals surface area contributed by atoms with Crippen molar-refractivity contribution in [3.8, 4) is 11.8 Å². The van der Waals surface area contributed by atoms with E-state index in [9.17, 15) is 18.0 Å². The highest BCUT2D eigenvalue weighted by atomic mass is 79.9. The van der Waals surface area contributed by atoms with Crippen LogP contribution >= 0.6 is 27.3 Å². The van der Waals surface area contributed by atoms with E-state index < -0.39 is 17.6 Å². The number of nitriles is 1. The lowest BCUT2D eigenvalue weighted by atomic mass is 10.2. The maximum atomic E-state index is 12.8. The van der Waals surface area contributed by atoms with Gasteiger partial charge in [-0.25, -0.2) is 10.4 Å². The second-order valence-electron chi connectivity index (χ2n) is 6.45. The third-order valence-electron chi connectivity index (χ3n) is 3.99. The number of benzene rings is 2. The van der Waals surface area contributed by atoms with Gasteiger partial charge in [0.25, 0.3) is 0 Å². The van der Waals surface area contributed by atoms with Gasteiger partial charge in [-0.1, -0.05) is 22.0 Å². The van der Waals surface area contributed by atoms with Gasteiger partial charge in [-0.15, -0.1) is 11.3 Å². The van der Waals surface area contributed by atoms with Crippen molar-refractivity contribution in [2.75, 3.05) is 11.9 Å². The molecule has 0 unspecified atom stereocenters. The number of hydrogen-bond donors (Lipinski definition) is 2. The van der Waals surface area contributed by atoms with Crippen LogP contribution in [0.5, 0.6) is 5.75 Å². The Bertz CT molecular complexity index is 1210.